The maximum atomic E-state index is 14.4. The van der Waals surface area contributed by atoms with Crippen LogP contribution in [0.3, 0.4) is 0 Å². The van der Waals surface area contributed by atoms with Crippen molar-refractivity contribution in [2.75, 3.05) is 5.01 Å². The van der Waals surface area contributed by atoms with Crippen LogP contribution in [-0.4, -0.2) is 17.2 Å². The fourth-order valence-electron chi connectivity index (χ4n) is 3.66. The maximum absolute atomic E-state index is 14.4. The Morgan fingerprint density at radius 1 is 1.06 bits per heavy atom. The molecule has 0 heterocycles. The molecule has 3 aromatic carbocycles. The van der Waals surface area contributed by atoms with Crippen molar-refractivity contribution in [2.45, 2.75) is 25.6 Å². The first kappa shape index (κ1) is 22.3. The molecule has 0 aliphatic rings. The number of anilines is 1. The Balaban J connectivity index is 2.32. The second kappa shape index (κ2) is 7.72. The van der Waals surface area contributed by atoms with Crippen molar-refractivity contribution in [1.29, 1.82) is 0 Å². The number of aryl methyl sites for hydroxylation is 1. The zero-order chi connectivity index (χ0) is 23.1. The Kier molecular flexibility index (Phi) is 5.56. The molecule has 0 spiro atoms. The number of nitrogens with two attached hydrogens (primary N) is 2. The number of rotatable bonds is 5. The van der Waals surface area contributed by atoms with Gasteiger partial charge >= 0.3 is 6.18 Å². The Morgan fingerprint density at radius 3 is 2.19 bits per heavy atom. The van der Waals surface area contributed by atoms with Crippen molar-refractivity contribution in [3.63, 3.8) is 0 Å². The van der Waals surface area contributed by atoms with Crippen LogP contribution in [0.4, 0.5) is 18.9 Å². The first-order chi connectivity index (χ1) is 14.4. The minimum Gasteiger partial charge on any atom is -0.372 e. The van der Waals surface area contributed by atoms with Gasteiger partial charge in [0.1, 0.15) is 0 Å². The van der Waals surface area contributed by atoms with Gasteiger partial charge in [-0.05, 0) is 47.9 Å². The fraction of sp³-hybridized carbons (Fsp3) is 0.174. The summed E-state index contributed by atoms with van der Waals surface area (Å²) in [6.45, 7) is 6.97. The van der Waals surface area contributed by atoms with E-state index in [1.807, 2.05) is 0 Å². The lowest BCUT2D eigenvalue weighted by Gasteiger charge is -2.33. The Morgan fingerprint density at radius 2 is 1.68 bits per heavy atom. The number of hydrogen-bond donors (Lipinski definition) is 3. The molecule has 1 atom stereocenters. The van der Waals surface area contributed by atoms with Gasteiger partial charge in [0.05, 0.1) is 5.69 Å². The predicted molar refractivity (Wildman–Crippen MR) is 114 cm³/mol. The molecule has 5 nitrogen and oxygen atoms in total. The van der Waals surface area contributed by atoms with Gasteiger partial charge in [-0.3, -0.25) is 9.80 Å². The van der Waals surface area contributed by atoms with Gasteiger partial charge in [0.15, 0.2) is 0 Å². The van der Waals surface area contributed by atoms with Crippen LogP contribution in [0, 0.1) is 6.92 Å². The highest BCUT2D eigenvalue weighted by atomic mass is 19.4. The highest BCUT2D eigenvalue weighted by Gasteiger charge is 2.57. The number of amides is 1. The van der Waals surface area contributed by atoms with Crippen molar-refractivity contribution in [2.24, 2.45) is 11.6 Å². The van der Waals surface area contributed by atoms with E-state index in [0.29, 0.717) is 16.9 Å². The largest absolute Gasteiger partial charge is 0.425 e. The van der Waals surface area contributed by atoms with Crippen LogP contribution in [0.15, 0.2) is 66.9 Å². The summed E-state index contributed by atoms with van der Waals surface area (Å²) in [5.41, 5.74) is 2.69. The lowest BCUT2D eigenvalue weighted by atomic mass is 9.81. The van der Waals surface area contributed by atoms with Crippen LogP contribution in [0.25, 0.3) is 10.8 Å². The van der Waals surface area contributed by atoms with E-state index in [1.165, 1.54) is 47.5 Å². The molecule has 0 bridgehead atoms. The van der Waals surface area contributed by atoms with Crippen LogP contribution < -0.4 is 16.6 Å². The first-order valence-corrected chi connectivity index (χ1v) is 9.32. The molecule has 0 fully saturated rings. The van der Waals surface area contributed by atoms with Crippen LogP contribution in [0.2, 0.25) is 0 Å². The summed E-state index contributed by atoms with van der Waals surface area (Å²) in [5, 5.41) is 12.7. The zero-order valence-corrected chi connectivity index (χ0v) is 17.0. The molecular formula is C23H22F3N3O2. The van der Waals surface area contributed by atoms with Crippen LogP contribution in [0.1, 0.15) is 34.0 Å². The number of aliphatic hydroxyl groups is 1. The molecule has 162 valence electrons. The van der Waals surface area contributed by atoms with Gasteiger partial charge in [-0.2, -0.15) is 13.2 Å². The first-order valence-electron chi connectivity index (χ1n) is 9.32. The quantitative estimate of drug-likeness (QED) is 0.417. The van der Waals surface area contributed by atoms with Crippen molar-refractivity contribution in [3.8, 4) is 0 Å². The third-order valence-corrected chi connectivity index (χ3v) is 5.27. The van der Waals surface area contributed by atoms with Crippen molar-refractivity contribution >= 4 is 22.4 Å². The van der Waals surface area contributed by atoms with E-state index >= 15 is 0 Å². The minimum absolute atomic E-state index is 0.0654. The summed E-state index contributed by atoms with van der Waals surface area (Å²) < 4.78 is 43.2. The van der Waals surface area contributed by atoms with Crippen LogP contribution >= 0.6 is 0 Å². The molecule has 1 unspecified atom stereocenters. The number of nitrogens with zero attached hydrogens (tertiary/aromatic N) is 1. The zero-order valence-electron chi connectivity index (χ0n) is 17.0. The number of hydrogen-bond acceptors (Lipinski definition) is 4. The fourth-order valence-corrected chi connectivity index (χ4v) is 3.66. The summed E-state index contributed by atoms with van der Waals surface area (Å²) in [7, 11) is 0. The van der Waals surface area contributed by atoms with E-state index in [0.717, 1.165) is 6.07 Å². The number of carbonyl (C=O) groups is 1. The Labute approximate surface area is 177 Å². The molecule has 31 heavy (non-hydrogen) atoms. The summed E-state index contributed by atoms with van der Waals surface area (Å²) in [6, 6.07) is 12.1. The molecule has 0 aromatic heterocycles. The SMILES string of the molecule is C=C(C)N(N)c1ccc(C(O)(c2ccc(C(N)=O)c3ccccc23)C(F)(F)F)cc1C. The van der Waals surface area contributed by atoms with E-state index in [2.05, 4.69) is 6.58 Å². The highest BCUT2D eigenvalue weighted by molar-refractivity contribution is 6.07. The molecule has 3 aromatic rings. The lowest BCUT2D eigenvalue weighted by Crippen LogP contribution is -2.43. The molecule has 8 heteroatoms. The normalized spacial score (nSPS) is 13.6. The van der Waals surface area contributed by atoms with Gasteiger partial charge in [-0.25, -0.2) is 5.84 Å². The molecule has 0 aliphatic carbocycles. The topological polar surface area (TPSA) is 92.6 Å². The van der Waals surface area contributed by atoms with Crippen molar-refractivity contribution in [1.82, 2.24) is 0 Å². The molecule has 0 saturated carbocycles. The maximum Gasteiger partial charge on any atom is 0.425 e. The van der Waals surface area contributed by atoms with Crippen molar-refractivity contribution in [3.05, 3.63) is 89.1 Å². The number of fused-ring (bicyclic) bond motifs is 1. The van der Waals surface area contributed by atoms with Gasteiger partial charge in [-0.1, -0.05) is 49.0 Å². The number of hydrazine groups is 1. The minimum atomic E-state index is -5.06. The monoisotopic (exact) mass is 429 g/mol. The molecular weight excluding hydrogens is 407 g/mol. The average Bonchev–Trinajstić information content (AvgIpc) is 2.70. The summed E-state index contributed by atoms with van der Waals surface area (Å²) in [5.74, 6) is 5.14. The summed E-state index contributed by atoms with van der Waals surface area (Å²) in [6.07, 6.45) is -5.06. The van der Waals surface area contributed by atoms with Gasteiger partial charge in [-0.15, -0.1) is 0 Å². The van der Waals surface area contributed by atoms with Gasteiger partial charge < -0.3 is 10.8 Å². The standard InChI is InChI=1S/C23H22F3N3O2/c1-13(2)29(28)20-11-8-15(12-14(20)3)22(31,23(24,25)26)19-10-9-18(21(27)30)16-6-4-5-7-17(16)19/h4-12,31H,1,28H2,2-3H3,(H2,27,30). The van der Waals surface area contributed by atoms with E-state index in [4.69, 9.17) is 11.6 Å². The number of primary amides is 1. The number of alkyl halides is 3. The number of allylic oxidation sites excluding steroid dienone is 1. The predicted octanol–water partition coefficient (Wildman–Crippen LogP) is 4.26. The molecule has 1 amide bonds. The van der Waals surface area contributed by atoms with E-state index < -0.39 is 23.2 Å². The molecule has 0 radical (unpaired) electrons. The molecule has 0 aliphatic heterocycles. The molecule has 5 N–H and O–H groups in total. The second-order valence-electron chi connectivity index (χ2n) is 7.39. The third-order valence-electron chi connectivity index (χ3n) is 5.27. The number of benzene rings is 3. The van der Waals surface area contributed by atoms with E-state index in [1.54, 1.807) is 19.9 Å². The Hall–Kier alpha value is -3.36. The number of halogens is 3. The van der Waals surface area contributed by atoms with Crippen LogP contribution in [0.5, 0.6) is 0 Å². The van der Waals surface area contributed by atoms with Gasteiger partial charge in [0.2, 0.25) is 11.5 Å². The highest BCUT2D eigenvalue weighted by Crippen LogP contribution is 2.47. The molecule has 0 saturated heterocycles. The molecule has 3 rings (SSSR count). The Bertz CT molecular complexity index is 1190. The van der Waals surface area contributed by atoms with Gasteiger partial charge in [0.25, 0.3) is 0 Å². The lowest BCUT2D eigenvalue weighted by molar-refractivity contribution is -0.247. The second-order valence-corrected chi connectivity index (χ2v) is 7.39. The average molecular weight is 429 g/mol. The smallest absolute Gasteiger partial charge is 0.372 e. The third kappa shape index (κ3) is 3.64. The number of carbonyl (C=O) groups excluding carboxylic acids is 1. The van der Waals surface area contributed by atoms with Crippen molar-refractivity contribution < 1.29 is 23.1 Å². The summed E-state index contributed by atoms with van der Waals surface area (Å²) >= 11 is 0. The van der Waals surface area contributed by atoms with Crippen LogP contribution in [-0.2, 0) is 5.60 Å². The summed E-state index contributed by atoms with van der Waals surface area (Å²) in [4.78, 5) is 11.8. The van der Waals surface area contributed by atoms with Gasteiger partial charge in [0, 0.05) is 16.8 Å². The van der Waals surface area contributed by atoms with E-state index in [-0.39, 0.29) is 21.9 Å². The van der Waals surface area contributed by atoms with E-state index in [9.17, 15) is 23.1 Å².